The predicted molar refractivity (Wildman–Crippen MR) is 132 cm³/mol. The summed E-state index contributed by atoms with van der Waals surface area (Å²) in [5, 5.41) is 3.62. The number of fused-ring (bicyclic) bond motifs is 2. The van der Waals surface area contributed by atoms with Crippen molar-refractivity contribution in [1.82, 2.24) is 4.57 Å². The van der Waals surface area contributed by atoms with E-state index in [1.54, 1.807) is 12.1 Å². The highest BCUT2D eigenvalue weighted by Crippen LogP contribution is 2.52. The minimum Gasteiger partial charge on any atom is -0.395 e. The third-order valence-electron chi connectivity index (χ3n) is 7.64. The van der Waals surface area contributed by atoms with Gasteiger partial charge in [-0.1, -0.05) is 26.8 Å². The summed E-state index contributed by atoms with van der Waals surface area (Å²) in [7, 11) is 0. The fraction of sp³-hybridized carbons (Fsp3) is 0.464. The minimum absolute atomic E-state index is 0.0786. The standard InChI is InChI=1S/C28H29F3N2O4/c1-26(2,3)24-13-16-12-20(19(29)15-21(16)33(24)18-6-10-35-11-7-18)32-25(34)27(8-9-27)17-4-5-22-23(14-17)37-28(30,31)36-22/h4-5,12-15,18H,6-11H2,1-3H3,(H,32,34). The quantitative estimate of drug-likeness (QED) is 0.436. The first-order valence-corrected chi connectivity index (χ1v) is 12.6. The second kappa shape index (κ2) is 8.15. The van der Waals surface area contributed by atoms with Gasteiger partial charge in [0.2, 0.25) is 5.91 Å². The number of hydrogen-bond donors (Lipinski definition) is 1. The van der Waals surface area contributed by atoms with Crippen molar-refractivity contribution in [2.75, 3.05) is 18.5 Å². The molecule has 1 amide bonds. The molecule has 0 atom stereocenters. The van der Waals surface area contributed by atoms with Gasteiger partial charge in [0.15, 0.2) is 11.5 Å². The molecule has 0 spiro atoms. The van der Waals surface area contributed by atoms with E-state index in [1.807, 2.05) is 0 Å². The highest BCUT2D eigenvalue weighted by Gasteiger charge is 2.53. The average Bonchev–Trinajstić information content (AvgIpc) is 3.47. The van der Waals surface area contributed by atoms with Crippen LogP contribution in [0.5, 0.6) is 11.5 Å². The van der Waals surface area contributed by atoms with Crippen LogP contribution >= 0.6 is 0 Å². The van der Waals surface area contributed by atoms with Gasteiger partial charge in [-0.2, -0.15) is 0 Å². The van der Waals surface area contributed by atoms with Crippen LogP contribution in [0.2, 0.25) is 0 Å². The van der Waals surface area contributed by atoms with Crippen molar-refractivity contribution in [3.8, 4) is 11.5 Å². The number of anilines is 1. The number of benzene rings is 2. The van der Waals surface area contributed by atoms with Crippen molar-refractivity contribution in [3.63, 3.8) is 0 Å². The van der Waals surface area contributed by atoms with Crippen molar-refractivity contribution < 1.29 is 32.2 Å². The third kappa shape index (κ3) is 4.13. The summed E-state index contributed by atoms with van der Waals surface area (Å²) < 4.78 is 59.1. The van der Waals surface area contributed by atoms with E-state index in [4.69, 9.17) is 4.74 Å². The smallest absolute Gasteiger partial charge is 0.395 e. The number of carbonyl (C=O) groups is 1. The maximum absolute atomic E-state index is 15.4. The first-order chi connectivity index (χ1) is 17.5. The van der Waals surface area contributed by atoms with Crippen LogP contribution in [0.4, 0.5) is 18.9 Å². The molecule has 1 aromatic heterocycles. The van der Waals surface area contributed by atoms with Crippen molar-refractivity contribution in [3.05, 3.63) is 53.5 Å². The number of carbonyl (C=O) groups excluding carboxylic acids is 1. The van der Waals surface area contributed by atoms with E-state index in [-0.39, 0.29) is 34.6 Å². The molecule has 0 unspecified atom stereocenters. The fourth-order valence-electron chi connectivity index (χ4n) is 5.52. The second-order valence-electron chi connectivity index (χ2n) is 11.2. The molecule has 3 heterocycles. The van der Waals surface area contributed by atoms with E-state index in [2.05, 4.69) is 46.2 Å². The van der Waals surface area contributed by atoms with Crippen LogP contribution in [0.15, 0.2) is 36.4 Å². The third-order valence-corrected chi connectivity index (χ3v) is 7.64. The number of aromatic nitrogens is 1. The predicted octanol–water partition coefficient (Wildman–Crippen LogP) is 6.42. The molecule has 196 valence electrons. The molecule has 2 aromatic carbocycles. The summed E-state index contributed by atoms with van der Waals surface area (Å²) in [5.41, 5.74) is 1.44. The van der Waals surface area contributed by atoms with Gasteiger partial charge in [0.1, 0.15) is 5.82 Å². The summed E-state index contributed by atoms with van der Waals surface area (Å²) in [4.78, 5) is 13.4. The molecule has 2 aliphatic heterocycles. The number of hydrogen-bond acceptors (Lipinski definition) is 4. The minimum atomic E-state index is -3.73. The molecule has 1 saturated heterocycles. The van der Waals surface area contributed by atoms with Crippen molar-refractivity contribution >= 4 is 22.5 Å². The van der Waals surface area contributed by atoms with E-state index in [1.165, 1.54) is 18.2 Å². The molecule has 2 fully saturated rings. The monoisotopic (exact) mass is 514 g/mol. The topological polar surface area (TPSA) is 61.7 Å². The number of amides is 1. The average molecular weight is 515 g/mol. The largest absolute Gasteiger partial charge is 0.586 e. The Labute approximate surface area is 212 Å². The van der Waals surface area contributed by atoms with E-state index >= 15 is 4.39 Å². The number of rotatable bonds is 4. The molecule has 1 N–H and O–H groups in total. The van der Waals surface area contributed by atoms with Gasteiger partial charge in [0.05, 0.1) is 16.6 Å². The Bertz CT molecular complexity index is 1400. The Morgan fingerprint density at radius 2 is 1.73 bits per heavy atom. The van der Waals surface area contributed by atoms with E-state index in [9.17, 15) is 13.6 Å². The number of nitrogens with one attached hydrogen (secondary N) is 1. The molecule has 6 nitrogen and oxygen atoms in total. The molecule has 0 bridgehead atoms. The molecule has 6 rings (SSSR count). The molecular formula is C28H29F3N2O4. The van der Waals surface area contributed by atoms with E-state index in [0.717, 1.165) is 29.4 Å². The lowest BCUT2D eigenvalue weighted by molar-refractivity contribution is -0.286. The van der Waals surface area contributed by atoms with Gasteiger partial charge in [0, 0.05) is 41.8 Å². The molecular weight excluding hydrogens is 485 g/mol. The van der Waals surface area contributed by atoms with Gasteiger partial charge in [-0.25, -0.2) is 4.39 Å². The maximum Gasteiger partial charge on any atom is 0.586 e. The molecule has 37 heavy (non-hydrogen) atoms. The van der Waals surface area contributed by atoms with Crippen molar-refractivity contribution in [1.29, 1.82) is 0 Å². The Morgan fingerprint density at radius 1 is 1.03 bits per heavy atom. The molecule has 3 aliphatic rings. The SMILES string of the molecule is CC(C)(C)c1cc2cc(NC(=O)C3(c4ccc5c(c4)OC(F)(F)O5)CC3)c(F)cc2n1C1CCOCC1. The highest BCUT2D eigenvalue weighted by molar-refractivity contribution is 6.03. The maximum atomic E-state index is 15.4. The lowest BCUT2D eigenvalue weighted by atomic mass is 9.91. The van der Waals surface area contributed by atoms with Crippen molar-refractivity contribution in [2.24, 2.45) is 0 Å². The zero-order valence-electron chi connectivity index (χ0n) is 21.0. The van der Waals surface area contributed by atoms with Gasteiger partial charge in [-0.15, -0.1) is 8.78 Å². The van der Waals surface area contributed by atoms with Crippen LogP contribution in [0, 0.1) is 5.82 Å². The van der Waals surface area contributed by atoms with Gasteiger partial charge in [-0.05, 0) is 55.5 Å². The molecule has 0 radical (unpaired) electrons. The number of nitrogens with zero attached hydrogens (tertiary/aromatic N) is 1. The van der Waals surface area contributed by atoms with Gasteiger partial charge in [-0.3, -0.25) is 4.79 Å². The Kier molecular flexibility index (Phi) is 5.32. The van der Waals surface area contributed by atoms with Crippen LogP contribution < -0.4 is 14.8 Å². The van der Waals surface area contributed by atoms with Crippen LogP contribution in [0.3, 0.4) is 0 Å². The van der Waals surface area contributed by atoms with Gasteiger partial charge < -0.3 is 24.1 Å². The normalized spacial score (nSPS) is 20.3. The van der Waals surface area contributed by atoms with Crippen LogP contribution in [0.25, 0.3) is 10.9 Å². The zero-order chi connectivity index (χ0) is 26.2. The lowest BCUT2D eigenvalue weighted by Gasteiger charge is -2.30. The van der Waals surface area contributed by atoms with Crippen LogP contribution in [-0.4, -0.2) is 30.0 Å². The zero-order valence-corrected chi connectivity index (χ0v) is 21.0. The van der Waals surface area contributed by atoms with E-state index < -0.39 is 17.5 Å². The van der Waals surface area contributed by atoms with E-state index in [0.29, 0.717) is 31.6 Å². The summed E-state index contributed by atoms with van der Waals surface area (Å²) in [6.45, 7) is 7.74. The summed E-state index contributed by atoms with van der Waals surface area (Å²) in [6.07, 6.45) is -0.973. The van der Waals surface area contributed by atoms with Gasteiger partial charge in [0.25, 0.3) is 0 Å². The summed E-state index contributed by atoms with van der Waals surface area (Å²) in [6, 6.07) is 9.84. The Morgan fingerprint density at radius 3 is 2.41 bits per heavy atom. The molecule has 3 aromatic rings. The lowest BCUT2D eigenvalue weighted by Crippen LogP contribution is -2.28. The number of ether oxygens (including phenoxy) is 3. The number of alkyl halides is 2. The first kappa shape index (κ1) is 24.2. The first-order valence-electron chi connectivity index (χ1n) is 12.6. The highest BCUT2D eigenvalue weighted by atomic mass is 19.3. The van der Waals surface area contributed by atoms with Crippen molar-refractivity contribution in [2.45, 2.75) is 69.6 Å². The molecule has 1 aliphatic carbocycles. The second-order valence-corrected chi connectivity index (χ2v) is 11.2. The molecule has 9 heteroatoms. The summed E-state index contributed by atoms with van der Waals surface area (Å²) in [5.74, 6) is -1.09. The van der Waals surface area contributed by atoms with Crippen LogP contribution in [0.1, 0.15) is 63.8 Å². The van der Waals surface area contributed by atoms with Crippen LogP contribution in [-0.2, 0) is 20.4 Å². The van der Waals surface area contributed by atoms with Gasteiger partial charge >= 0.3 is 6.29 Å². The Hall–Kier alpha value is -3.20. The molecule has 1 saturated carbocycles. The fourth-order valence-corrected chi connectivity index (χ4v) is 5.52. The summed E-state index contributed by atoms with van der Waals surface area (Å²) >= 11 is 0. The number of halogens is 3. The Balaban J connectivity index is 1.32.